The molecule has 0 bridgehead atoms. The van der Waals surface area contributed by atoms with E-state index in [4.69, 9.17) is 16.3 Å². The van der Waals surface area contributed by atoms with E-state index >= 15 is 0 Å². The lowest BCUT2D eigenvalue weighted by Crippen LogP contribution is -2.40. The first-order chi connectivity index (χ1) is 11.6. The zero-order valence-corrected chi connectivity index (χ0v) is 14.1. The van der Waals surface area contributed by atoms with Crippen LogP contribution in [0, 0.1) is 0 Å². The number of aliphatic hydroxyl groups excluding tert-OH is 1. The minimum absolute atomic E-state index is 0.0586. The maximum absolute atomic E-state index is 12.7. The SMILES string of the molecule is O=C(c1ccccc1OCc1ccccc1Cl)N1CCC(O)CC1. The van der Waals surface area contributed by atoms with Crippen LogP contribution in [-0.4, -0.2) is 35.1 Å². The number of hydrogen-bond donors (Lipinski definition) is 1. The first-order valence-corrected chi connectivity index (χ1v) is 8.45. The van der Waals surface area contributed by atoms with Crippen LogP contribution in [0.4, 0.5) is 0 Å². The smallest absolute Gasteiger partial charge is 0.257 e. The van der Waals surface area contributed by atoms with Gasteiger partial charge in [-0.05, 0) is 31.0 Å². The number of likely N-dealkylation sites (tertiary alicyclic amines) is 1. The van der Waals surface area contributed by atoms with Crippen molar-refractivity contribution in [1.29, 1.82) is 0 Å². The summed E-state index contributed by atoms with van der Waals surface area (Å²) in [5.74, 6) is 0.491. The van der Waals surface area contributed by atoms with Gasteiger partial charge in [-0.25, -0.2) is 0 Å². The lowest BCUT2D eigenvalue weighted by atomic mass is 10.1. The van der Waals surface area contributed by atoms with Gasteiger partial charge in [0.25, 0.3) is 5.91 Å². The first kappa shape index (κ1) is 16.8. The summed E-state index contributed by atoms with van der Waals surface area (Å²) in [6.07, 6.45) is 0.934. The number of piperidine rings is 1. The maximum Gasteiger partial charge on any atom is 0.257 e. The highest BCUT2D eigenvalue weighted by Gasteiger charge is 2.24. The van der Waals surface area contributed by atoms with E-state index in [1.165, 1.54) is 0 Å². The van der Waals surface area contributed by atoms with Crippen molar-refractivity contribution < 1.29 is 14.6 Å². The Hall–Kier alpha value is -2.04. The fraction of sp³-hybridized carbons (Fsp3) is 0.316. The molecule has 1 amide bonds. The number of amides is 1. The number of hydrogen-bond acceptors (Lipinski definition) is 3. The number of rotatable bonds is 4. The molecule has 0 aromatic heterocycles. The Bertz CT molecular complexity index is 711. The lowest BCUT2D eigenvalue weighted by Gasteiger charge is -2.30. The molecule has 1 aliphatic rings. The summed E-state index contributed by atoms with van der Waals surface area (Å²) in [4.78, 5) is 14.5. The van der Waals surface area contributed by atoms with Gasteiger partial charge in [0, 0.05) is 23.7 Å². The van der Waals surface area contributed by atoms with Crippen LogP contribution in [-0.2, 0) is 6.61 Å². The molecule has 1 fully saturated rings. The number of carbonyl (C=O) groups is 1. The van der Waals surface area contributed by atoms with Gasteiger partial charge in [0.15, 0.2) is 0 Å². The molecule has 0 atom stereocenters. The molecule has 5 heteroatoms. The van der Waals surface area contributed by atoms with Crippen molar-refractivity contribution in [3.63, 3.8) is 0 Å². The van der Waals surface area contributed by atoms with Crippen molar-refractivity contribution in [1.82, 2.24) is 4.90 Å². The van der Waals surface area contributed by atoms with Crippen molar-refractivity contribution >= 4 is 17.5 Å². The average Bonchev–Trinajstić information content (AvgIpc) is 2.61. The van der Waals surface area contributed by atoms with Gasteiger partial charge < -0.3 is 14.7 Å². The Morgan fingerprint density at radius 1 is 1.12 bits per heavy atom. The van der Waals surface area contributed by atoms with Crippen molar-refractivity contribution in [2.24, 2.45) is 0 Å². The minimum Gasteiger partial charge on any atom is -0.488 e. The standard InChI is InChI=1S/C19H20ClNO3/c20-17-7-3-1-5-14(17)13-24-18-8-4-2-6-16(18)19(23)21-11-9-15(22)10-12-21/h1-8,15,22H,9-13H2. The van der Waals surface area contributed by atoms with Crippen LogP contribution in [0.1, 0.15) is 28.8 Å². The number of benzene rings is 2. The third-order valence-electron chi connectivity index (χ3n) is 4.21. The molecule has 3 rings (SSSR count). The van der Waals surface area contributed by atoms with E-state index in [9.17, 15) is 9.90 Å². The van der Waals surface area contributed by atoms with Gasteiger partial charge in [-0.1, -0.05) is 41.9 Å². The van der Waals surface area contributed by atoms with Crippen molar-refractivity contribution in [2.45, 2.75) is 25.6 Å². The topological polar surface area (TPSA) is 49.8 Å². The van der Waals surface area contributed by atoms with Crippen LogP contribution in [0.3, 0.4) is 0 Å². The molecule has 0 radical (unpaired) electrons. The van der Waals surface area contributed by atoms with Gasteiger partial charge in [0.2, 0.25) is 0 Å². The molecule has 4 nitrogen and oxygen atoms in total. The Balaban J connectivity index is 1.73. The van der Waals surface area contributed by atoms with Crippen LogP contribution < -0.4 is 4.74 Å². The molecule has 1 heterocycles. The number of para-hydroxylation sites is 1. The Morgan fingerprint density at radius 2 is 1.79 bits per heavy atom. The van der Waals surface area contributed by atoms with Gasteiger partial charge in [0.05, 0.1) is 11.7 Å². The predicted octanol–water partition coefficient (Wildman–Crippen LogP) is 3.52. The first-order valence-electron chi connectivity index (χ1n) is 8.07. The molecule has 0 aliphatic carbocycles. The molecule has 1 N–H and O–H groups in total. The molecular weight excluding hydrogens is 326 g/mol. The van der Waals surface area contributed by atoms with E-state index in [2.05, 4.69) is 0 Å². The highest BCUT2D eigenvalue weighted by atomic mass is 35.5. The summed E-state index contributed by atoms with van der Waals surface area (Å²) in [6.45, 7) is 1.44. The van der Waals surface area contributed by atoms with Gasteiger partial charge in [-0.2, -0.15) is 0 Å². The predicted molar refractivity (Wildman–Crippen MR) is 93.4 cm³/mol. The molecule has 0 unspecified atom stereocenters. The minimum atomic E-state index is -0.305. The average molecular weight is 346 g/mol. The summed E-state index contributed by atoms with van der Waals surface area (Å²) in [5.41, 5.74) is 1.42. The second-order valence-corrected chi connectivity index (χ2v) is 6.31. The quantitative estimate of drug-likeness (QED) is 0.922. The fourth-order valence-corrected chi connectivity index (χ4v) is 2.97. The summed E-state index contributed by atoms with van der Waals surface area (Å²) in [7, 11) is 0. The summed E-state index contributed by atoms with van der Waals surface area (Å²) in [6, 6.07) is 14.7. The van der Waals surface area contributed by atoms with Crippen LogP contribution in [0.25, 0.3) is 0 Å². The highest BCUT2D eigenvalue weighted by Crippen LogP contribution is 2.24. The number of ether oxygens (including phenoxy) is 1. The Kier molecular flexibility index (Phi) is 5.38. The molecule has 24 heavy (non-hydrogen) atoms. The van der Waals surface area contributed by atoms with Crippen molar-refractivity contribution in [3.8, 4) is 5.75 Å². The molecular formula is C19H20ClNO3. The number of nitrogens with zero attached hydrogens (tertiary/aromatic N) is 1. The molecule has 1 saturated heterocycles. The van der Waals surface area contributed by atoms with Crippen LogP contribution in [0.2, 0.25) is 5.02 Å². The Labute approximate surface area is 146 Å². The van der Waals surface area contributed by atoms with Crippen LogP contribution in [0.15, 0.2) is 48.5 Å². The Morgan fingerprint density at radius 3 is 2.54 bits per heavy atom. The maximum atomic E-state index is 12.7. The third-order valence-corrected chi connectivity index (χ3v) is 4.58. The van der Waals surface area contributed by atoms with Gasteiger partial charge in [-0.15, -0.1) is 0 Å². The molecule has 1 aliphatic heterocycles. The lowest BCUT2D eigenvalue weighted by molar-refractivity contribution is 0.0543. The number of carbonyl (C=O) groups excluding carboxylic acids is 1. The van der Waals surface area contributed by atoms with Crippen molar-refractivity contribution in [3.05, 3.63) is 64.7 Å². The van der Waals surface area contributed by atoms with Gasteiger partial charge in [-0.3, -0.25) is 4.79 Å². The van der Waals surface area contributed by atoms with Gasteiger partial charge >= 0.3 is 0 Å². The van der Waals surface area contributed by atoms with E-state index < -0.39 is 0 Å². The molecule has 2 aromatic carbocycles. The molecule has 2 aromatic rings. The number of halogens is 1. The molecule has 0 saturated carbocycles. The molecule has 126 valence electrons. The fourth-order valence-electron chi connectivity index (χ4n) is 2.78. The largest absolute Gasteiger partial charge is 0.488 e. The summed E-state index contributed by atoms with van der Waals surface area (Å²) >= 11 is 6.15. The van der Waals surface area contributed by atoms with Crippen LogP contribution >= 0.6 is 11.6 Å². The van der Waals surface area contributed by atoms with Crippen LogP contribution in [0.5, 0.6) is 5.75 Å². The summed E-state index contributed by atoms with van der Waals surface area (Å²) in [5, 5.41) is 10.2. The molecule has 0 spiro atoms. The number of aliphatic hydroxyl groups is 1. The van der Waals surface area contributed by atoms with E-state index in [1.54, 1.807) is 17.0 Å². The normalized spacial score (nSPS) is 15.3. The van der Waals surface area contributed by atoms with E-state index in [-0.39, 0.29) is 12.0 Å². The highest BCUT2D eigenvalue weighted by molar-refractivity contribution is 6.31. The van der Waals surface area contributed by atoms with Gasteiger partial charge in [0.1, 0.15) is 12.4 Å². The summed E-state index contributed by atoms with van der Waals surface area (Å²) < 4.78 is 5.86. The van der Waals surface area contributed by atoms with E-state index in [0.717, 1.165) is 5.56 Å². The second-order valence-electron chi connectivity index (χ2n) is 5.90. The second kappa shape index (κ2) is 7.69. The van der Waals surface area contributed by atoms with E-state index in [1.807, 2.05) is 36.4 Å². The van der Waals surface area contributed by atoms with E-state index in [0.29, 0.717) is 48.9 Å². The zero-order chi connectivity index (χ0) is 16.9. The monoisotopic (exact) mass is 345 g/mol. The van der Waals surface area contributed by atoms with Crippen molar-refractivity contribution in [2.75, 3.05) is 13.1 Å². The third kappa shape index (κ3) is 3.89. The zero-order valence-electron chi connectivity index (χ0n) is 13.3.